The summed E-state index contributed by atoms with van der Waals surface area (Å²) in [6, 6.07) is 14.6. The predicted molar refractivity (Wildman–Crippen MR) is 89.7 cm³/mol. The molecular weight excluding hydrogens is 346 g/mol. The summed E-state index contributed by atoms with van der Waals surface area (Å²) in [6.45, 7) is 1.84. The summed E-state index contributed by atoms with van der Waals surface area (Å²) in [6.07, 6.45) is 1.47. The number of hydrazone groups is 1. The summed E-state index contributed by atoms with van der Waals surface area (Å²) < 4.78 is 0.903. The second kappa shape index (κ2) is 7.51. The third kappa shape index (κ3) is 4.53. The van der Waals surface area contributed by atoms with Crippen molar-refractivity contribution < 1.29 is 9.59 Å². The van der Waals surface area contributed by atoms with E-state index in [1.807, 2.05) is 43.3 Å². The third-order valence-electron chi connectivity index (χ3n) is 2.82. The first-order valence-corrected chi connectivity index (χ1v) is 7.31. The number of aryl methyl sites for hydroxylation is 1. The number of rotatable bonds is 3. The average Bonchev–Trinajstić information content (AvgIpc) is 2.51. The Morgan fingerprint density at radius 1 is 1.09 bits per heavy atom. The van der Waals surface area contributed by atoms with Crippen molar-refractivity contribution in [2.24, 2.45) is 5.10 Å². The number of carbonyl (C=O) groups is 2. The molecule has 2 amide bonds. The Hall–Kier alpha value is -2.47. The van der Waals surface area contributed by atoms with Crippen LogP contribution in [0.4, 0.5) is 5.69 Å². The molecule has 0 aliphatic rings. The molecule has 0 aromatic heterocycles. The van der Waals surface area contributed by atoms with Gasteiger partial charge in [-0.2, -0.15) is 5.10 Å². The molecule has 6 heteroatoms. The summed E-state index contributed by atoms with van der Waals surface area (Å²) in [5.41, 5.74) is 4.45. The van der Waals surface area contributed by atoms with E-state index in [2.05, 4.69) is 31.8 Å². The van der Waals surface area contributed by atoms with Gasteiger partial charge in [-0.05, 0) is 36.2 Å². The molecule has 0 aliphatic heterocycles. The van der Waals surface area contributed by atoms with Crippen LogP contribution < -0.4 is 10.7 Å². The maximum atomic E-state index is 11.8. The minimum Gasteiger partial charge on any atom is -0.317 e. The quantitative estimate of drug-likeness (QED) is 0.502. The topological polar surface area (TPSA) is 70.6 Å². The number of amides is 2. The van der Waals surface area contributed by atoms with E-state index < -0.39 is 11.8 Å². The van der Waals surface area contributed by atoms with Crippen LogP contribution in [0.5, 0.6) is 0 Å². The van der Waals surface area contributed by atoms with Gasteiger partial charge in [-0.3, -0.25) is 9.59 Å². The number of nitrogens with zero attached hydrogens (tertiary/aromatic N) is 1. The molecule has 0 radical (unpaired) electrons. The van der Waals surface area contributed by atoms with Gasteiger partial charge in [-0.1, -0.05) is 46.3 Å². The SMILES string of the molecule is Cc1cc(Br)ccc1NC(=O)C(=O)NN=Cc1ccccc1. The number of hydrogen-bond donors (Lipinski definition) is 2. The lowest BCUT2D eigenvalue weighted by Crippen LogP contribution is -2.32. The highest BCUT2D eigenvalue weighted by atomic mass is 79.9. The Labute approximate surface area is 136 Å². The second-order valence-corrected chi connectivity index (χ2v) is 5.44. The van der Waals surface area contributed by atoms with E-state index in [0.717, 1.165) is 15.6 Å². The number of carbonyl (C=O) groups excluding carboxylic acids is 2. The molecule has 0 atom stereocenters. The first-order chi connectivity index (χ1) is 10.6. The van der Waals surface area contributed by atoms with Crippen molar-refractivity contribution in [3.8, 4) is 0 Å². The molecule has 0 bridgehead atoms. The lowest BCUT2D eigenvalue weighted by atomic mass is 10.2. The zero-order chi connectivity index (χ0) is 15.9. The first kappa shape index (κ1) is 15.9. The number of hydrogen-bond acceptors (Lipinski definition) is 3. The molecule has 0 spiro atoms. The molecule has 0 heterocycles. The Balaban J connectivity index is 1.92. The van der Waals surface area contributed by atoms with Gasteiger partial charge in [0.25, 0.3) is 0 Å². The molecular formula is C16H14BrN3O2. The van der Waals surface area contributed by atoms with Crippen molar-refractivity contribution in [3.05, 3.63) is 64.1 Å². The van der Waals surface area contributed by atoms with Crippen molar-refractivity contribution in [1.29, 1.82) is 0 Å². The van der Waals surface area contributed by atoms with E-state index in [1.165, 1.54) is 6.21 Å². The number of benzene rings is 2. The van der Waals surface area contributed by atoms with Crippen LogP contribution >= 0.6 is 15.9 Å². The smallest absolute Gasteiger partial charge is 0.317 e. The highest BCUT2D eigenvalue weighted by molar-refractivity contribution is 9.10. The van der Waals surface area contributed by atoms with Crippen molar-refractivity contribution in [2.75, 3.05) is 5.32 Å². The van der Waals surface area contributed by atoms with Crippen molar-refractivity contribution in [3.63, 3.8) is 0 Å². The molecule has 5 nitrogen and oxygen atoms in total. The lowest BCUT2D eigenvalue weighted by molar-refractivity contribution is -0.136. The molecule has 2 rings (SSSR count). The maximum absolute atomic E-state index is 11.8. The Bertz CT molecular complexity index is 715. The molecule has 0 unspecified atom stereocenters. The Morgan fingerprint density at radius 2 is 1.82 bits per heavy atom. The van der Waals surface area contributed by atoms with E-state index in [1.54, 1.807) is 12.1 Å². The summed E-state index contributed by atoms with van der Waals surface area (Å²) in [4.78, 5) is 23.5. The van der Waals surface area contributed by atoms with Crippen molar-refractivity contribution >= 4 is 39.6 Å². The molecule has 0 saturated carbocycles. The number of anilines is 1. The van der Waals surface area contributed by atoms with Gasteiger partial charge in [0.2, 0.25) is 0 Å². The van der Waals surface area contributed by atoms with E-state index in [-0.39, 0.29) is 0 Å². The van der Waals surface area contributed by atoms with Gasteiger partial charge >= 0.3 is 11.8 Å². The van der Waals surface area contributed by atoms with Crippen LogP contribution in [0.1, 0.15) is 11.1 Å². The van der Waals surface area contributed by atoms with Crippen LogP contribution in [0.15, 0.2) is 58.1 Å². The van der Waals surface area contributed by atoms with E-state index in [0.29, 0.717) is 5.69 Å². The van der Waals surface area contributed by atoms with Gasteiger partial charge in [0.15, 0.2) is 0 Å². The highest BCUT2D eigenvalue weighted by Crippen LogP contribution is 2.19. The Morgan fingerprint density at radius 3 is 2.50 bits per heavy atom. The molecule has 112 valence electrons. The van der Waals surface area contributed by atoms with E-state index in [4.69, 9.17) is 0 Å². The highest BCUT2D eigenvalue weighted by Gasteiger charge is 2.13. The molecule has 0 aliphatic carbocycles. The van der Waals surface area contributed by atoms with Crippen LogP contribution in [0.2, 0.25) is 0 Å². The zero-order valence-electron chi connectivity index (χ0n) is 11.8. The fourth-order valence-corrected chi connectivity index (χ4v) is 2.18. The van der Waals surface area contributed by atoms with Gasteiger partial charge in [0.05, 0.1) is 6.21 Å². The van der Waals surface area contributed by atoms with Crippen LogP contribution in [-0.4, -0.2) is 18.0 Å². The lowest BCUT2D eigenvalue weighted by Gasteiger charge is -2.07. The van der Waals surface area contributed by atoms with E-state index >= 15 is 0 Å². The molecule has 2 aromatic rings. The van der Waals surface area contributed by atoms with Gasteiger partial charge in [-0.15, -0.1) is 0 Å². The molecule has 2 aromatic carbocycles. The standard InChI is InChI=1S/C16H14BrN3O2/c1-11-9-13(17)7-8-14(11)19-15(21)16(22)20-18-10-12-5-3-2-4-6-12/h2-10H,1H3,(H,19,21)(H,20,22). The van der Waals surface area contributed by atoms with Crippen molar-refractivity contribution in [2.45, 2.75) is 6.92 Å². The molecule has 0 saturated heterocycles. The normalized spacial score (nSPS) is 10.5. The maximum Gasteiger partial charge on any atom is 0.329 e. The zero-order valence-corrected chi connectivity index (χ0v) is 13.4. The van der Waals surface area contributed by atoms with Gasteiger partial charge in [-0.25, -0.2) is 5.43 Å². The van der Waals surface area contributed by atoms with Crippen LogP contribution in [0.25, 0.3) is 0 Å². The largest absolute Gasteiger partial charge is 0.329 e. The van der Waals surface area contributed by atoms with Gasteiger partial charge in [0, 0.05) is 10.2 Å². The minimum atomic E-state index is -0.825. The molecule has 2 N–H and O–H groups in total. The van der Waals surface area contributed by atoms with Crippen LogP contribution in [-0.2, 0) is 9.59 Å². The fraction of sp³-hybridized carbons (Fsp3) is 0.0625. The predicted octanol–water partition coefficient (Wildman–Crippen LogP) is 2.85. The number of nitrogens with one attached hydrogen (secondary N) is 2. The second-order valence-electron chi connectivity index (χ2n) is 4.52. The first-order valence-electron chi connectivity index (χ1n) is 6.52. The van der Waals surface area contributed by atoms with Crippen LogP contribution in [0, 0.1) is 6.92 Å². The van der Waals surface area contributed by atoms with E-state index in [9.17, 15) is 9.59 Å². The van der Waals surface area contributed by atoms with Crippen molar-refractivity contribution in [1.82, 2.24) is 5.43 Å². The Kier molecular flexibility index (Phi) is 5.43. The monoisotopic (exact) mass is 359 g/mol. The van der Waals surface area contributed by atoms with Crippen LogP contribution in [0.3, 0.4) is 0 Å². The summed E-state index contributed by atoms with van der Waals surface area (Å²) in [5, 5.41) is 6.29. The summed E-state index contributed by atoms with van der Waals surface area (Å²) in [5.74, 6) is -1.59. The summed E-state index contributed by atoms with van der Waals surface area (Å²) >= 11 is 3.34. The molecule has 22 heavy (non-hydrogen) atoms. The minimum absolute atomic E-state index is 0.579. The average molecular weight is 360 g/mol. The summed E-state index contributed by atoms with van der Waals surface area (Å²) in [7, 11) is 0. The molecule has 0 fully saturated rings. The fourth-order valence-electron chi connectivity index (χ4n) is 1.70. The van der Waals surface area contributed by atoms with Gasteiger partial charge < -0.3 is 5.32 Å². The third-order valence-corrected chi connectivity index (χ3v) is 3.32. The number of halogens is 1. The van der Waals surface area contributed by atoms with Gasteiger partial charge in [0.1, 0.15) is 0 Å².